The first-order chi connectivity index (χ1) is 16.5. The van der Waals surface area contributed by atoms with Gasteiger partial charge in [-0.2, -0.15) is 0 Å². The van der Waals surface area contributed by atoms with Gasteiger partial charge in [-0.25, -0.2) is 18.7 Å². The van der Waals surface area contributed by atoms with Crippen molar-refractivity contribution < 1.29 is 22.8 Å². The molecule has 5 N–H and O–H groups in total. The lowest BCUT2D eigenvalue weighted by Gasteiger charge is -2.09. The highest BCUT2D eigenvalue weighted by atomic mass is 19.1. The van der Waals surface area contributed by atoms with Crippen molar-refractivity contribution in [2.45, 2.75) is 13.0 Å². The van der Waals surface area contributed by atoms with Gasteiger partial charge in [0.15, 0.2) is 17.5 Å². The minimum absolute atomic E-state index is 0.0322. The summed E-state index contributed by atoms with van der Waals surface area (Å²) in [5, 5.41) is 6.65. The van der Waals surface area contributed by atoms with Gasteiger partial charge in [0.2, 0.25) is 0 Å². The van der Waals surface area contributed by atoms with Gasteiger partial charge < -0.3 is 26.0 Å². The van der Waals surface area contributed by atoms with Crippen LogP contribution in [0.5, 0.6) is 0 Å². The molecule has 178 valence electrons. The Morgan fingerprint density at radius 3 is 2.79 bits per heavy atom. The third kappa shape index (κ3) is 6.90. The Hall–Kier alpha value is -4.19. The van der Waals surface area contributed by atoms with E-state index in [1.54, 1.807) is 24.3 Å². The number of ether oxygens (including phenoxy) is 1. The number of halogens is 2. The molecule has 0 saturated carbocycles. The summed E-state index contributed by atoms with van der Waals surface area (Å²) < 4.78 is 37.8. The molecule has 0 saturated heterocycles. The van der Waals surface area contributed by atoms with Crippen LogP contribution < -0.4 is 16.8 Å². The fraction of sp³-hybridized carbons (Fsp3) is 0.227. The molecule has 0 aliphatic carbocycles. The molecule has 0 spiro atoms. The number of carbonyl (C=O) groups excluding carboxylic acids is 1. The lowest BCUT2D eigenvalue weighted by Crippen LogP contribution is -2.18. The Labute approximate surface area is 193 Å². The molecule has 2 heterocycles. The molecule has 0 unspecified atom stereocenters. The first kappa shape index (κ1) is 24.5. The average molecular weight is 471 g/mol. The van der Waals surface area contributed by atoms with E-state index in [4.69, 9.17) is 20.7 Å². The van der Waals surface area contributed by atoms with E-state index in [2.05, 4.69) is 25.4 Å². The summed E-state index contributed by atoms with van der Waals surface area (Å²) in [5.74, 6) is -1.62. The predicted molar refractivity (Wildman–Crippen MR) is 120 cm³/mol. The average Bonchev–Trinajstić information content (AvgIpc) is 3.38. The molecular weight excluding hydrogens is 448 g/mol. The lowest BCUT2D eigenvalue weighted by molar-refractivity contribution is -0.141. The van der Waals surface area contributed by atoms with Crippen molar-refractivity contribution in [1.82, 2.24) is 15.1 Å². The number of nitrogens with two attached hydrogens (primary N) is 2. The zero-order chi connectivity index (χ0) is 24.3. The number of hydrogen-bond acceptors (Lipinski definition) is 10. The van der Waals surface area contributed by atoms with Crippen LogP contribution >= 0.6 is 0 Å². The summed E-state index contributed by atoms with van der Waals surface area (Å²) in [6.07, 6.45) is 4.20. The van der Waals surface area contributed by atoms with Crippen LogP contribution in [0.25, 0.3) is 5.70 Å². The smallest absolute Gasteiger partial charge is 0.319 e. The van der Waals surface area contributed by atoms with E-state index in [0.29, 0.717) is 23.4 Å². The number of rotatable bonds is 11. The monoisotopic (exact) mass is 471 g/mol. The molecule has 12 heteroatoms. The molecule has 0 atom stereocenters. The Kier molecular flexibility index (Phi) is 8.74. The maximum Gasteiger partial charge on any atom is 0.319 e. The Morgan fingerprint density at radius 1 is 1.24 bits per heavy atom. The quantitative estimate of drug-likeness (QED) is 0.216. The number of hydrogen-bond donors (Lipinski definition) is 3. The largest absolute Gasteiger partial charge is 0.465 e. The van der Waals surface area contributed by atoms with E-state index in [9.17, 15) is 13.6 Å². The Bertz CT molecular complexity index is 1170. The van der Waals surface area contributed by atoms with Crippen LogP contribution in [0.3, 0.4) is 0 Å². The second kappa shape index (κ2) is 12.2. The number of esters is 1. The molecule has 0 aliphatic rings. The summed E-state index contributed by atoms with van der Waals surface area (Å²) in [6, 6.07) is 7.82. The van der Waals surface area contributed by atoms with Crippen molar-refractivity contribution in [2.75, 3.05) is 25.0 Å². The fourth-order valence-corrected chi connectivity index (χ4v) is 2.71. The van der Waals surface area contributed by atoms with Gasteiger partial charge in [-0.05, 0) is 18.6 Å². The maximum absolute atomic E-state index is 14.1. The van der Waals surface area contributed by atoms with Gasteiger partial charge in [0, 0.05) is 18.2 Å². The summed E-state index contributed by atoms with van der Waals surface area (Å²) in [7, 11) is 0. The summed E-state index contributed by atoms with van der Waals surface area (Å²) in [4.78, 5) is 23.5. The van der Waals surface area contributed by atoms with Crippen LogP contribution in [0.4, 0.5) is 14.6 Å². The lowest BCUT2D eigenvalue weighted by atomic mass is 10.2. The number of anilines is 1. The highest BCUT2D eigenvalue weighted by Crippen LogP contribution is 2.15. The molecule has 2 aromatic heterocycles. The molecule has 1 aromatic carbocycles. The van der Waals surface area contributed by atoms with Crippen LogP contribution in [0.15, 0.2) is 58.4 Å². The first-order valence-electron chi connectivity index (χ1n) is 10.3. The van der Waals surface area contributed by atoms with Gasteiger partial charge in [-0.3, -0.25) is 9.79 Å². The van der Waals surface area contributed by atoms with E-state index >= 15 is 0 Å². The maximum atomic E-state index is 14.1. The van der Waals surface area contributed by atoms with Gasteiger partial charge >= 0.3 is 5.97 Å². The summed E-state index contributed by atoms with van der Waals surface area (Å²) in [6.45, 7) is 0.237. The van der Waals surface area contributed by atoms with Gasteiger partial charge in [0.1, 0.15) is 17.8 Å². The normalized spacial score (nSPS) is 12.0. The summed E-state index contributed by atoms with van der Waals surface area (Å²) in [5.41, 5.74) is 12.4. The number of nitrogens with zero attached hydrogens (tertiary/aromatic N) is 4. The third-order valence-electron chi connectivity index (χ3n) is 4.42. The van der Waals surface area contributed by atoms with E-state index in [-0.39, 0.29) is 43.6 Å². The van der Waals surface area contributed by atoms with E-state index < -0.39 is 17.6 Å². The second-order valence-corrected chi connectivity index (χ2v) is 6.87. The minimum atomic E-state index is -0.680. The van der Waals surface area contributed by atoms with Crippen LogP contribution in [-0.2, 0) is 16.1 Å². The van der Waals surface area contributed by atoms with E-state index in [1.807, 2.05) is 0 Å². The zero-order valence-corrected chi connectivity index (χ0v) is 18.1. The van der Waals surface area contributed by atoms with Crippen LogP contribution in [0, 0.1) is 11.6 Å². The van der Waals surface area contributed by atoms with Crippen molar-refractivity contribution in [3.8, 4) is 0 Å². The number of carbonyl (C=O) groups is 1. The second-order valence-electron chi connectivity index (χ2n) is 6.87. The van der Waals surface area contributed by atoms with Gasteiger partial charge in [-0.15, -0.1) is 0 Å². The molecule has 0 amide bonds. The topological polar surface area (TPSA) is 155 Å². The fourth-order valence-electron chi connectivity index (χ4n) is 2.71. The highest BCUT2D eigenvalue weighted by Gasteiger charge is 2.12. The minimum Gasteiger partial charge on any atom is -0.465 e. The number of allylic oxidation sites excluding steroid dienone is 1. The van der Waals surface area contributed by atoms with Gasteiger partial charge in [0.05, 0.1) is 37.3 Å². The number of aromatic nitrogens is 3. The Morgan fingerprint density at radius 2 is 2.06 bits per heavy atom. The van der Waals surface area contributed by atoms with Crippen LogP contribution in [0.1, 0.15) is 23.5 Å². The van der Waals surface area contributed by atoms with Crippen LogP contribution in [-0.4, -0.2) is 46.5 Å². The van der Waals surface area contributed by atoms with Crippen molar-refractivity contribution in [3.63, 3.8) is 0 Å². The zero-order valence-electron chi connectivity index (χ0n) is 18.1. The number of benzene rings is 1. The molecular formula is C22H23F2N7O3. The molecule has 0 radical (unpaired) electrons. The molecule has 3 aromatic rings. The Balaban J connectivity index is 1.75. The molecule has 10 nitrogen and oxygen atoms in total. The number of aliphatic imine (C=N–C) groups is 1. The van der Waals surface area contributed by atoms with Crippen molar-refractivity contribution in [1.29, 1.82) is 0 Å². The number of nitrogens with one attached hydrogen (secondary N) is 1. The van der Waals surface area contributed by atoms with E-state index in [0.717, 1.165) is 6.20 Å². The first-order valence-corrected chi connectivity index (χ1v) is 10.3. The van der Waals surface area contributed by atoms with Gasteiger partial charge in [0.25, 0.3) is 0 Å². The highest BCUT2D eigenvalue weighted by molar-refractivity contribution is 6.10. The van der Waals surface area contributed by atoms with Crippen LogP contribution in [0.2, 0.25) is 0 Å². The summed E-state index contributed by atoms with van der Waals surface area (Å²) >= 11 is 0. The molecule has 34 heavy (non-hydrogen) atoms. The predicted octanol–water partition coefficient (Wildman–Crippen LogP) is 2.04. The van der Waals surface area contributed by atoms with Crippen molar-refractivity contribution in [3.05, 3.63) is 77.6 Å². The molecule has 0 fully saturated rings. The van der Waals surface area contributed by atoms with Crippen molar-refractivity contribution >= 4 is 23.2 Å². The standard InChI is InChI=1S/C22H23F2N7O3/c23-15-5-2-1-4-14(15)12-28-19(18-6-9-34-31-18)10-17(26)22-29-13-16(24)21(30-22)27-7-3-8-33-20(32)11-25/h1-2,4-6,9-10,13H,3,7-8,11-12,25-26H2,(H,27,29,30). The third-order valence-corrected chi connectivity index (χ3v) is 4.42. The molecule has 0 aliphatic heterocycles. The SMILES string of the molecule is NCC(=O)OCCCNc1nc(C(N)=CC(=NCc2ccccc2F)c2ccon2)ncc1F. The van der Waals surface area contributed by atoms with E-state index in [1.165, 1.54) is 18.4 Å². The van der Waals surface area contributed by atoms with Gasteiger partial charge in [-0.1, -0.05) is 23.4 Å². The molecule has 0 bridgehead atoms. The molecule has 3 rings (SSSR count). The van der Waals surface area contributed by atoms with Crippen molar-refractivity contribution in [2.24, 2.45) is 16.5 Å².